The van der Waals surface area contributed by atoms with Crippen LogP contribution in [0, 0.1) is 0 Å². The SMILES string of the molecule is COC(=O)c1ccccc1-n1c2ccccc2c2ccccc21.COC(=O)c1ccccc1-n1c2ccccc2c2ccccc21. The molecule has 6 nitrogen and oxygen atoms in total. The second kappa shape index (κ2) is 12.1. The summed E-state index contributed by atoms with van der Waals surface area (Å²) in [5, 5.41) is 4.68. The van der Waals surface area contributed by atoms with Gasteiger partial charge in [-0.2, -0.15) is 0 Å². The van der Waals surface area contributed by atoms with Gasteiger partial charge in [-0.15, -0.1) is 0 Å². The molecule has 224 valence electrons. The molecule has 46 heavy (non-hydrogen) atoms. The van der Waals surface area contributed by atoms with E-state index in [4.69, 9.17) is 9.47 Å². The van der Waals surface area contributed by atoms with Gasteiger partial charge in [0.25, 0.3) is 0 Å². The van der Waals surface area contributed by atoms with Gasteiger partial charge in [0.15, 0.2) is 0 Å². The summed E-state index contributed by atoms with van der Waals surface area (Å²) < 4.78 is 14.1. The molecule has 0 atom stereocenters. The first-order valence-electron chi connectivity index (χ1n) is 14.9. The first-order valence-corrected chi connectivity index (χ1v) is 14.9. The number of para-hydroxylation sites is 6. The number of carbonyl (C=O) groups is 2. The van der Waals surface area contributed by atoms with Crippen LogP contribution in [0.15, 0.2) is 146 Å². The highest BCUT2D eigenvalue weighted by molar-refractivity contribution is 6.11. The number of hydrogen-bond donors (Lipinski definition) is 0. The number of aromatic nitrogens is 2. The highest BCUT2D eigenvalue weighted by atomic mass is 16.5. The number of carbonyl (C=O) groups excluding carboxylic acids is 2. The summed E-state index contributed by atoms with van der Waals surface area (Å²) in [7, 11) is 2.82. The monoisotopic (exact) mass is 602 g/mol. The Morgan fingerprint density at radius 3 is 0.957 bits per heavy atom. The van der Waals surface area contributed by atoms with Gasteiger partial charge in [0.05, 0.1) is 58.8 Å². The number of fused-ring (bicyclic) bond motifs is 6. The molecule has 0 amide bonds. The minimum atomic E-state index is -0.331. The number of esters is 2. The van der Waals surface area contributed by atoms with E-state index in [9.17, 15) is 9.59 Å². The minimum Gasteiger partial charge on any atom is -0.465 e. The van der Waals surface area contributed by atoms with Crippen LogP contribution in [0.5, 0.6) is 0 Å². The molecule has 0 saturated heterocycles. The molecule has 0 aliphatic carbocycles. The molecule has 8 rings (SSSR count). The summed E-state index contributed by atoms with van der Waals surface area (Å²) in [5.41, 5.74) is 7.07. The maximum atomic E-state index is 12.2. The Kier molecular flexibility index (Phi) is 7.53. The number of rotatable bonds is 4. The van der Waals surface area contributed by atoms with Crippen LogP contribution in [-0.2, 0) is 9.47 Å². The normalized spacial score (nSPS) is 11.0. The largest absolute Gasteiger partial charge is 0.465 e. The van der Waals surface area contributed by atoms with Crippen LogP contribution in [0.1, 0.15) is 20.7 Å². The lowest BCUT2D eigenvalue weighted by Crippen LogP contribution is -2.07. The highest BCUT2D eigenvalue weighted by Crippen LogP contribution is 2.34. The van der Waals surface area contributed by atoms with Gasteiger partial charge in [-0.3, -0.25) is 0 Å². The van der Waals surface area contributed by atoms with Crippen molar-refractivity contribution in [3.63, 3.8) is 0 Å². The molecule has 0 N–H and O–H groups in total. The fraction of sp³-hybridized carbons (Fsp3) is 0.0500. The molecule has 8 aromatic rings. The fourth-order valence-corrected chi connectivity index (χ4v) is 6.27. The van der Waals surface area contributed by atoms with E-state index in [0.29, 0.717) is 11.1 Å². The van der Waals surface area contributed by atoms with Crippen molar-refractivity contribution in [2.75, 3.05) is 14.2 Å². The van der Waals surface area contributed by atoms with E-state index < -0.39 is 0 Å². The number of ether oxygens (including phenoxy) is 2. The average Bonchev–Trinajstić information content (AvgIpc) is 3.64. The molecule has 6 aromatic carbocycles. The topological polar surface area (TPSA) is 62.5 Å². The minimum absolute atomic E-state index is 0.331. The summed E-state index contributed by atoms with van der Waals surface area (Å²) in [4.78, 5) is 24.3. The lowest BCUT2D eigenvalue weighted by atomic mass is 10.1. The van der Waals surface area contributed by atoms with Gasteiger partial charge in [-0.05, 0) is 48.5 Å². The smallest absolute Gasteiger partial charge is 0.339 e. The molecule has 0 radical (unpaired) electrons. The predicted octanol–water partition coefficient (Wildman–Crippen LogP) is 9.14. The predicted molar refractivity (Wildman–Crippen MR) is 184 cm³/mol. The van der Waals surface area contributed by atoms with E-state index in [2.05, 4.69) is 57.7 Å². The summed E-state index contributed by atoms with van der Waals surface area (Å²) in [6.45, 7) is 0. The fourth-order valence-electron chi connectivity index (χ4n) is 6.27. The van der Waals surface area contributed by atoms with E-state index >= 15 is 0 Å². The van der Waals surface area contributed by atoms with Crippen LogP contribution >= 0.6 is 0 Å². The lowest BCUT2D eigenvalue weighted by Gasteiger charge is -2.12. The van der Waals surface area contributed by atoms with Crippen molar-refractivity contribution in [3.05, 3.63) is 157 Å². The molecule has 0 saturated carbocycles. The molecule has 2 aromatic heterocycles. The summed E-state index contributed by atoms with van der Waals surface area (Å²) >= 11 is 0. The first kappa shape index (κ1) is 28.6. The molecule has 0 aliphatic rings. The molecule has 0 spiro atoms. The Bertz CT molecular complexity index is 2120. The zero-order valence-corrected chi connectivity index (χ0v) is 25.4. The number of hydrogen-bond acceptors (Lipinski definition) is 4. The van der Waals surface area contributed by atoms with Gasteiger partial charge in [0.1, 0.15) is 0 Å². The quantitative estimate of drug-likeness (QED) is 0.189. The zero-order valence-electron chi connectivity index (χ0n) is 25.4. The van der Waals surface area contributed by atoms with E-state index in [1.807, 2.05) is 84.9 Å². The van der Waals surface area contributed by atoms with Crippen LogP contribution in [0.25, 0.3) is 55.0 Å². The first-order chi connectivity index (χ1) is 22.6. The Morgan fingerprint density at radius 2 is 0.652 bits per heavy atom. The van der Waals surface area contributed by atoms with Crippen LogP contribution in [0.4, 0.5) is 0 Å². The molecule has 0 unspecified atom stereocenters. The van der Waals surface area contributed by atoms with Gasteiger partial charge in [0.2, 0.25) is 0 Å². The highest BCUT2D eigenvalue weighted by Gasteiger charge is 2.19. The molecular weight excluding hydrogens is 572 g/mol. The van der Waals surface area contributed by atoms with Crippen molar-refractivity contribution in [2.45, 2.75) is 0 Å². The number of benzene rings is 6. The summed E-state index contributed by atoms with van der Waals surface area (Å²) in [5.74, 6) is -0.662. The second-order valence-corrected chi connectivity index (χ2v) is 10.8. The van der Waals surface area contributed by atoms with Crippen molar-refractivity contribution >= 4 is 55.6 Å². The number of nitrogens with zero attached hydrogens (tertiary/aromatic N) is 2. The van der Waals surface area contributed by atoms with Crippen molar-refractivity contribution < 1.29 is 19.1 Å². The lowest BCUT2D eigenvalue weighted by molar-refractivity contribution is 0.0592. The van der Waals surface area contributed by atoms with Crippen LogP contribution in [-0.4, -0.2) is 35.3 Å². The Morgan fingerprint density at radius 1 is 0.391 bits per heavy atom. The van der Waals surface area contributed by atoms with Crippen molar-refractivity contribution in [1.82, 2.24) is 9.13 Å². The van der Waals surface area contributed by atoms with Crippen LogP contribution in [0.3, 0.4) is 0 Å². The van der Waals surface area contributed by atoms with Gasteiger partial charge >= 0.3 is 11.9 Å². The Hall–Kier alpha value is -6.14. The summed E-state index contributed by atoms with van der Waals surface area (Å²) in [6.07, 6.45) is 0. The molecular formula is C40H30N2O4. The van der Waals surface area contributed by atoms with Gasteiger partial charge in [-0.25, -0.2) is 9.59 Å². The van der Waals surface area contributed by atoms with Crippen molar-refractivity contribution in [2.24, 2.45) is 0 Å². The molecule has 0 fully saturated rings. The summed E-state index contributed by atoms with van der Waals surface area (Å²) in [6, 6.07) is 48.0. The van der Waals surface area contributed by atoms with Crippen LogP contribution in [0.2, 0.25) is 0 Å². The van der Waals surface area contributed by atoms with E-state index in [-0.39, 0.29) is 11.9 Å². The third kappa shape index (κ3) is 4.77. The third-order valence-corrected chi connectivity index (χ3v) is 8.26. The zero-order chi connectivity index (χ0) is 31.6. The molecule has 2 heterocycles. The Labute approximate surface area is 265 Å². The maximum Gasteiger partial charge on any atom is 0.339 e. The van der Waals surface area contributed by atoms with Gasteiger partial charge in [0, 0.05) is 21.5 Å². The third-order valence-electron chi connectivity index (χ3n) is 8.26. The van der Waals surface area contributed by atoms with E-state index in [0.717, 1.165) is 33.4 Å². The Balaban J connectivity index is 0.000000147. The van der Waals surface area contributed by atoms with E-state index in [1.165, 1.54) is 35.8 Å². The maximum absolute atomic E-state index is 12.2. The number of methoxy groups -OCH3 is 2. The van der Waals surface area contributed by atoms with Gasteiger partial charge < -0.3 is 18.6 Å². The standard InChI is InChI=1S/2C20H15NO2/c2*1-23-20(22)16-10-4-7-13-19(16)21-17-11-5-2-8-14(17)15-9-3-6-12-18(15)21/h2*2-13H,1H3. The average molecular weight is 603 g/mol. The molecule has 0 bridgehead atoms. The van der Waals surface area contributed by atoms with Gasteiger partial charge in [-0.1, -0.05) is 97.1 Å². The second-order valence-electron chi connectivity index (χ2n) is 10.8. The van der Waals surface area contributed by atoms with E-state index in [1.54, 1.807) is 12.1 Å². The van der Waals surface area contributed by atoms with Crippen molar-refractivity contribution in [3.8, 4) is 11.4 Å². The molecule has 6 heteroatoms. The van der Waals surface area contributed by atoms with Crippen molar-refractivity contribution in [1.29, 1.82) is 0 Å². The molecule has 0 aliphatic heterocycles. The van der Waals surface area contributed by atoms with Crippen LogP contribution < -0.4 is 0 Å².